The van der Waals surface area contributed by atoms with Crippen LogP contribution in [0.2, 0.25) is 0 Å². The van der Waals surface area contributed by atoms with Gasteiger partial charge in [0, 0.05) is 0 Å². The number of aryl methyl sites for hydroxylation is 2. The van der Waals surface area contributed by atoms with Gasteiger partial charge in [0.05, 0.1) is 11.4 Å². The summed E-state index contributed by atoms with van der Waals surface area (Å²) in [6.07, 6.45) is 1.82. The second-order valence-corrected chi connectivity index (χ2v) is 5.67. The van der Waals surface area contributed by atoms with E-state index in [1.54, 1.807) is 6.92 Å². The zero-order chi connectivity index (χ0) is 14.7. The van der Waals surface area contributed by atoms with E-state index in [1.165, 1.54) is 16.4 Å². The number of hydrogen-bond donors (Lipinski definition) is 1. The minimum absolute atomic E-state index is 0.280. The van der Waals surface area contributed by atoms with E-state index < -0.39 is 0 Å². The number of nitrogens with zero attached hydrogens (tertiary/aromatic N) is 3. The molecule has 0 fully saturated rings. The van der Waals surface area contributed by atoms with Gasteiger partial charge in [0.2, 0.25) is 0 Å². The minimum Gasteiger partial charge on any atom is -0.292 e. The zero-order valence-electron chi connectivity index (χ0n) is 11.4. The lowest BCUT2D eigenvalue weighted by atomic mass is 10.2. The highest BCUT2D eigenvalue weighted by Gasteiger charge is 2.13. The predicted molar refractivity (Wildman–Crippen MR) is 86.7 cm³/mol. The predicted octanol–water partition coefficient (Wildman–Crippen LogP) is 3.70. The molecule has 1 N–H and O–H groups in total. The van der Waals surface area contributed by atoms with Gasteiger partial charge in [-0.05, 0) is 32.2 Å². The normalized spacial score (nSPS) is 11.2. The molecule has 0 aliphatic rings. The molecule has 0 bridgehead atoms. The van der Waals surface area contributed by atoms with Crippen LogP contribution >= 0.6 is 24.0 Å². The van der Waals surface area contributed by atoms with Crippen molar-refractivity contribution in [1.82, 2.24) is 9.78 Å². The number of hydrogen-bond acceptors (Lipinski definition) is 5. The van der Waals surface area contributed by atoms with Crippen LogP contribution in [0.4, 0.5) is 11.4 Å². The number of azo groups is 1. The Balaban J connectivity index is 2.34. The third-order valence-electron chi connectivity index (χ3n) is 2.70. The van der Waals surface area contributed by atoms with Gasteiger partial charge in [-0.2, -0.15) is 5.11 Å². The van der Waals surface area contributed by atoms with Crippen molar-refractivity contribution in [2.75, 3.05) is 6.26 Å². The first kappa shape index (κ1) is 14.7. The lowest BCUT2D eigenvalue weighted by molar-refractivity contribution is 0.910. The highest BCUT2D eigenvalue weighted by molar-refractivity contribution is 8.22. The topological polar surface area (TPSA) is 62.5 Å². The highest BCUT2D eigenvalue weighted by Crippen LogP contribution is 2.18. The Morgan fingerprint density at radius 3 is 2.50 bits per heavy atom. The molecule has 0 saturated carbocycles. The van der Waals surface area contributed by atoms with Gasteiger partial charge in [0.25, 0.3) is 0 Å². The fourth-order valence-electron chi connectivity index (χ4n) is 1.59. The van der Waals surface area contributed by atoms with Gasteiger partial charge in [-0.15, -0.1) is 5.11 Å². The molecule has 0 atom stereocenters. The molecule has 2 rings (SSSR count). The number of H-pyrrole nitrogens is 1. The van der Waals surface area contributed by atoms with Crippen LogP contribution in [-0.2, 0) is 0 Å². The molecule has 0 amide bonds. The largest absolute Gasteiger partial charge is 0.300 e. The van der Waals surface area contributed by atoms with Crippen LogP contribution < -0.4 is 5.56 Å². The van der Waals surface area contributed by atoms with Gasteiger partial charge < -0.3 is 0 Å². The quantitative estimate of drug-likeness (QED) is 0.679. The molecular formula is C13H14N4OS2. The number of aromatic nitrogens is 2. The maximum Gasteiger partial charge on any atom is 0.300 e. The van der Waals surface area contributed by atoms with Crippen LogP contribution in [0.5, 0.6) is 0 Å². The first-order valence-corrected chi connectivity index (χ1v) is 7.54. The number of thioether (sulfide) groups is 1. The second kappa shape index (κ2) is 6.15. The summed E-state index contributed by atoms with van der Waals surface area (Å²) in [4.78, 5) is 12.1. The fourth-order valence-corrected chi connectivity index (χ4v) is 2.03. The molecule has 2 aromatic rings. The van der Waals surface area contributed by atoms with Crippen LogP contribution in [0.3, 0.4) is 0 Å². The molecule has 0 aliphatic heterocycles. The van der Waals surface area contributed by atoms with Crippen molar-refractivity contribution in [2.45, 2.75) is 13.8 Å². The molecule has 0 radical (unpaired) electrons. The molecule has 1 aromatic heterocycles. The van der Waals surface area contributed by atoms with Crippen LogP contribution in [0.1, 0.15) is 11.3 Å². The smallest absolute Gasteiger partial charge is 0.292 e. The summed E-state index contributed by atoms with van der Waals surface area (Å²) in [5.41, 5.74) is 2.49. The maximum atomic E-state index is 12.1. The van der Waals surface area contributed by atoms with Crippen molar-refractivity contribution < 1.29 is 0 Å². The fraction of sp³-hybridized carbons (Fsp3) is 0.231. The Morgan fingerprint density at radius 2 is 1.90 bits per heavy atom. The number of thiocarbonyl (C=S) groups is 1. The number of rotatable bonds is 2. The number of benzene rings is 1. The first-order valence-electron chi connectivity index (χ1n) is 5.91. The van der Waals surface area contributed by atoms with Crippen molar-refractivity contribution in [2.24, 2.45) is 10.2 Å². The standard InChI is InChI=1S/C13H14N4OS2/c1-8-4-6-10(7-5-8)14-15-11-9(2)16-17(12(11)18)13(19)20-3/h4-7,16H,1-3H3. The van der Waals surface area contributed by atoms with E-state index in [1.807, 2.05) is 37.4 Å². The summed E-state index contributed by atoms with van der Waals surface area (Å²) in [7, 11) is 0. The number of aromatic amines is 1. The third kappa shape index (κ3) is 3.05. The van der Waals surface area contributed by atoms with E-state index in [-0.39, 0.29) is 11.2 Å². The van der Waals surface area contributed by atoms with Crippen LogP contribution in [0.15, 0.2) is 39.3 Å². The van der Waals surface area contributed by atoms with Gasteiger partial charge in [0.1, 0.15) is 0 Å². The highest BCUT2D eigenvalue weighted by atomic mass is 32.2. The Labute approximate surface area is 126 Å². The summed E-state index contributed by atoms with van der Waals surface area (Å²) in [6, 6.07) is 7.59. The monoisotopic (exact) mass is 306 g/mol. The van der Waals surface area contributed by atoms with E-state index in [0.717, 1.165) is 5.56 Å². The van der Waals surface area contributed by atoms with Crippen molar-refractivity contribution in [1.29, 1.82) is 0 Å². The Bertz CT molecular complexity index is 713. The second-order valence-electron chi connectivity index (χ2n) is 4.23. The molecular weight excluding hydrogens is 292 g/mol. The molecule has 0 aliphatic carbocycles. The Hall–Kier alpha value is -1.73. The van der Waals surface area contributed by atoms with Gasteiger partial charge in [-0.3, -0.25) is 9.89 Å². The number of nitrogens with one attached hydrogen (secondary N) is 1. The van der Waals surface area contributed by atoms with Gasteiger partial charge >= 0.3 is 5.56 Å². The SMILES string of the molecule is CSC(=S)n1[nH]c(C)c(N=Nc2ccc(C)cc2)c1=O. The van der Waals surface area contributed by atoms with Crippen LogP contribution in [-0.4, -0.2) is 20.4 Å². The zero-order valence-corrected chi connectivity index (χ0v) is 13.0. The van der Waals surface area contributed by atoms with Crippen molar-refractivity contribution >= 4 is 39.7 Å². The van der Waals surface area contributed by atoms with Crippen molar-refractivity contribution in [3.63, 3.8) is 0 Å². The summed E-state index contributed by atoms with van der Waals surface area (Å²) in [5.74, 6) is 0. The van der Waals surface area contributed by atoms with E-state index in [4.69, 9.17) is 12.2 Å². The molecule has 0 spiro atoms. The third-order valence-corrected chi connectivity index (χ3v) is 3.91. The van der Waals surface area contributed by atoms with Gasteiger partial charge in [-0.1, -0.05) is 41.7 Å². The average Bonchev–Trinajstić information content (AvgIpc) is 2.73. The van der Waals surface area contributed by atoms with Gasteiger partial charge in [-0.25, -0.2) is 4.68 Å². The van der Waals surface area contributed by atoms with Crippen LogP contribution in [0, 0.1) is 13.8 Å². The minimum atomic E-state index is -0.280. The van der Waals surface area contributed by atoms with Crippen molar-refractivity contribution in [3.8, 4) is 0 Å². The molecule has 104 valence electrons. The maximum absolute atomic E-state index is 12.1. The lowest BCUT2D eigenvalue weighted by Gasteiger charge is -1.97. The van der Waals surface area contributed by atoms with E-state index in [2.05, 4.69) is 15.3 Å². The Kier molecular flexibility index (Phi) is 4.51. The van der Waals surface area contributed by atoms with Crippen LogP contribution in [0.25, 0.3) is 0 Å². The average molecular weight is 306 g/mol. The van der Waals surface area contributed by atoms with E-state index >= 15 is 0 Å². The lowest BCUT2D eigenvalue weighted by Crippen LogP contribution is -2.20. The van der Waals surface area contributed by atoms with E-state index in [0.29, 0.717) is 15.7 Å². The summed E-state index contributed by atoms with van der Waals surface area (Å²) in [5, 5.41) is 11.0. The van der Waals surface area contributed by atoms with E-state index in [9.17, 15) is 4.79 Å². The summed E-state index contributed by atoms with van der Waals surface area (Å²) in [6.45, 7) is 3.77. The summed E-state index contributed by atoms with van der Waals surface area (Å²) >= 11 is 6.42. The molecule has 5 nitrogen and oxygen atoms in total. The molecule has 20 heavy (non-hydrogen) atoms. The Morgan fingerprint density at radius 1 is 1.25 bits per heavy atom. The molecule has 1 aromatic carbocycles. The van der Waals surface area contributed by atoms with Crippen molar-refractivity contribution in [3.05, 3.63) is 45.9 Å². The summed E-state index contributed by atoms with van der Waals surface area (Å²) < 4.78 is 1.76. The van der Waals surface area contributed by atoms with Gasteiger partial charge in [0.15, 0.2) is 10.0 Å². The molecule has 1 heterocycles. The first-order chi connectivity index (χ1) is 9.52. The molecule has 0 saturated heterocycles. The molecule has 0 unspecified atom stereocenters. The molecule has 7 heteroatoms.